The molecule has 0 spiro atoms. The highest BCUT2D eigenvalue weighted by Gasteiger charge is 2.14. The third-order valence-corrected chi connectivity index (χ3v) is 5.25. The predicted molar refractivity (Wildman–Crippen MR) is 94.6 cm³/mol. The number of methoxy groups -OCH3 is 1. The molecule has 7 heteroatoms. The minimum absolute atomic E-state index is 0.314. The van der Waals surface area contributed by atoms with E-state index in [0.29, 0.717) is 4.88 Å². The zero-order valence-corrected chi connectivity index (χ0v) is 14.4. The van der Waals surface area contributed by atoms with Gasteiger partial charge in [-0.05, 0) is 47.7 Å². The number of carbonyl (C=O) groups excluding carboxylic acids is 1. The first-order valence-corrected chi connectivity index (χ1v) is 8.99. The Bertz CT molecular complexity index is 652. The van der Waals surface area contributed by atoms with Crippen LogP contribution in [0.1, 0.15) is 9.67 Å². The number of morpholine rings is 1. The van der Waals surface area contributed by atoms with Crippen molar-refractivity contribution in [1.29, 1.82) is 0 Å². The summed E-state index contributed by atoms with van der Waals surface area (Å²) in [5.74, 6) is -0.314. The van der Waals surface area contributed by atoms with E-state index in [1.165, 1.54) is 36.1 Å². The first-order valence-electron chi connectivity index (χ1n) is 7.29. The van der Waals surface area contributed by atoms with E-state index in [-0.39, 0.29) is 5.97 Å². The highest BCUT2D eigenvalue weighted by atomic mass is 32.2. The first kappa shape index (κ1) is 16.2. The van der Waals surface area contributed by atoms with Gasteiger partial charge in [0.2, 0.25) is 0 Å². The molecule has 0 unspecified atom stereocenters. The van der Waals surface area contributed by atoms with Gasteiger partial charge in [0.15, 0.2) is 0 Å². The monoisotopic (exact) mass is 350 g/mol. The molecule has 0 atom stereocenters. The fraction of sp³-hybridized carbons (Fsp3) is 0.312. The van der Waals surface area contributed by atoms with Crippen molar-refractivity contribution < 1.29 is 14.3 Å². The van der Waals surface area contributed by atoms with Crippen LogP contribution in [0, 0.1) is 0 Å². The first-order chi connectivity index (χ1) is 11.3. The van der Waals surface area contributed by atoms with E-state index in [0.717, 1.165) is 36.9 Å². The fourth-order valence-corrected chi connectivity index (χ4v) is 3.80. The van der Waals surface area contributed by atoms with Gasteiger partial charge in [-0.25, -0.2) is 4.79 Å². The third-order valence-electron chi connectivity index (χ3n) is 3.53. The molecule has 2 heterocycles. The summed E-state index contributed by atoms with van der Waals surface area (Å²) in [7, 11) is 1.39. The highest BCUT2D eigenvalue weighted by molar-refractivity contribution is 8.00. The summed E-state index contributed by atoms with van der Waals surface area (Å²) in [6.45, 7) is 3.43. The lowest BCUT2D eigenvalue weighted by Gasteiger charge is -2.28. The van der Waals surface area contributed by atoms with Crippen molar-refractivity contribution in [2.24, 2.45) is 0 Å². The highest BCUT2D eigenvalue weighted by Crippen LogP contribution is 2.29. The summed E-state index contributed by atoms with van der Waals surface area (Å²) in [5, 5.41) is 1.87. The van der Waals surface area contributed by atoms with Gasteiger partial charge >= 0.3 is 5.97 Å². The van der Waals surface area contributed by atoms with Crippen LogP contribution >= 0.6 is 23.3 Å². The number of thiophene rings is 1. The number of rotatable bonds is 5. The van der Waals surface area contributed by atoms with Gasteiger partial charge in [-0.2, -0.15) is 0 Å². The van der Waals surface area contributed by atoms with E-state index < -0.39 is 0 Å². The van der Waals surface area contributed by atoms with Crippen LogP contribution in [0.15, 0.2) is 40.6 Å². The van der Waals surface area contributed by atoms with Crippen LogP contribution in [0.25, 0.3) is 0 Å². The van der Waals surface area contributed by atoms with Crippen LogP contribution in [0.2, 0.25) is 0 Å². The molecule has 0 saturated carbocycles. The standard InChI is InChI=1S/C16H18N2O3S2/c1-20-16(19)15-14(6-11-22-15)17-23-13-4-2-12(3-5-13)18-7-9-21-10-8-18/h2-6,11,17H,7-10H2,1H3. The van der Waals surface area contributed by atoms with E-state index in [1.54, 1.807) is 0 Å². The van der Waals surface area contributed by atoms with Gasteiger partial charge < -0.3 is 19.1 Å². The van der Waals surface area contributed by atoms with Gasteiger partial charge in [-0.3, -0.25) is 0 Å². The lowest BCUT2D eigenvalue weighted by Crippen LogP contribution is -2.36. The molecule has 0 amide bonds. The zero-order chi connectivity index (χ0) is 16.1. The van der Waals surface area contributed by atoms with Crippen LogP contribution in [-0.2, 0) is 9.47 Å². The van der Waals surface area contributed by atoms with Gasteiger partial charge in [0.25, 0.3) is 0 Å². The maximum absolute atomic E-state index is 11.6. The number of nitrogens with zero attached hydrogens (tertiary/aromatic N) is 1. The molecular weight excluding hydrogens is 332 g/mol. The molecule has 1 aliphatic rings. The minimum Gasteiger partial charge on any atom is -0.465 e. The lowest BCUT2D eigenvalue weighted by molar-refractivity contribution is 0.0607. The quantitative estimate of drug-likeness (QED) is 0.658. The minimum atomic E-state index is -0.314. The smallest absolute Gasteiger partial charge is 0.350 e. The molecule has 3 rings (SSSR count). The Kier molecular flexibility index (Phi) is 5.43. The maximum Gasteiger partial charge on any atom is 0.350 e. The number of hydrogen-bond acceptors (Lipinski definition) is 7. The number of nitrogens with one attached hydrogen (secondary N) is 1. The van der Waals surface area contributed by atoms with Crippen LogP contribution in [0.4, 0.5) is 11.4 Å². The summed E-state index contributed by atoms with van der Waals surface area (Å²) in [6.07, 6.45) is 0. The van der Waals surface area contributed by atoms with E-state index in [9.17, 15) is 4.79 Å². The second kappa shape index (κ2) is 7.72. The molecule has 5 nitrogen and oxygen atoms in total. The van der Waals surface area contributed by atoms with Gasteiger partial charge in [0, 0.05) is 23.7 Å². The molecule has 2 aromatic rings. The average Bonchev–Trinajstić information content (AvgIpc) is 3.09. The number of carbonyl (C=O) groups is 1. The number of ether oxygens (including phenoxy) is 2. The van der Waals surface area contributed by atoms with Crippen molar-refractivity contribution in [3.05, 3.63) is 40.6 Å². The maximum atomic E-state index is 11.6. The summed E-state index contributed by atoms with van der Waals surface area (Å²) >= 11 is 2.85. The van der Waals surface area contributed by atoms with E-state index >= 15 is 0 Å². The Morgan fingerprint density at radius 3 is 2.70 bits per heavy atom. The molecular formula is C16H18N2O3S2. The molecule has 1 aromatic heterocycles. The van der Waals surface area contributed by atoms with Gasteiger partial charge in [-0.15, -0.1) is 11.3 Å². The van der Waals surface area contributed by atoms with Crippen LogP contribution in [0.5, 0.6) is 0 Å². The largest absolute Gasteiger partial charge is 0.465 e. The van der Waals surface area contributed by atoms with Gasteiger partial charge in [0.05, 0.1) is 26.0 Å². The second-order valence-electron chi connectivity index (χ2n) is 4.95. The Morgan fingerprint density at radius 2 is 2.00 bits per heavy atom. The molecule has 0 aliphatic carbocycles. The Labute approximate surface area is 143 Å². The van der Waals surface area contributed by atoms with Crippen molar-refractivity contribution >= 4 is 40.6 Å². The molecule has 122 valence electrons. The van der Waals surface area contributed by atoms with Crippen LogP contribution < -0.4 is 9.62 Å². The molecule has 0 bridgehead atoms. The molecule has 0 radical (unpaired) electrons. The number of anilines is 2. The number of hydrogen-bond donors (Lipinski definition) is 1. The van der Waals surface area contributed by atoms with Gasteiger partial charge in [-0.1, -0.05) is 0 Å². The third kappa shape index (κ3) is 3.99. The average molecular weight is 350 g/mol. The van der Waals surface area contributed by atoms with Crippen molar-refractivity contribution in [3.8, 4) is 0 Å². The molecule has 1 aromatic carbocycles. The topological polar surface area (TPSA) is 50.8 Å². The van der Waals surface area contributed by atoms with Crippen molar-refractivity contribution in [1.82, 2.24) is 0 Å². The van der Waals surface area contributed by atoms with Crippen LogP contribution in [-0.4, -0.2) is 39.4 Å². The van der Waals surface area contributed by atoms with Crippen LogP contribution in [0.3, 0.4) is 0 Å². The Morgan fingerprint density at radius 1 is 1.26 bits per heavy atom. The lowest BCUT2D eigenvalue weighted by atomic mass is 10.2. The number of esters is 1. The van der Waals surface area contributed by atoms with E-state index in [4.69, 9.17) is 9.47 Å². The molecule has 1 aliphatic heterocycles. The van der Waals surface area contributed by atoms with Gasteiger partial charge in [0.1, 0.15) is 4.88 Å². The molecule has 1 fully saturated rings. The molecule has 23 heavy (non-hydrogen) atoms. The summed E-state index contributed by atoms with van der Waals surface area (Å²) in [5.41, 5.74) is 1.99. The predicted octanol–water partition coefficient (Wildman–Crippen LogP) is 3.49. The summed E-state index contributed by atoms with van der Waals surface area (Å²) in [4.78, 5) is 15.6. The molecule has 1 saturated heterocycles. The summed E-state index contributed by atoms with van der Waals surface area (Å²) < 4.78 is 13.4. The fourth-order valence-electron chi connectivity index (χ4n) is 2.30. The summed E-state index contributed by atoms with van der Waals surface area (Å²) in [6, 6.07) is 10.3. The Balaban J connectivity index is 1.60. The van der Waals surface area contributed by atoms with Crippen molar-refractivity contribution in [2.45, 2.75) is 4.90 Å². The zero-order valence-electron chi connectivity index (χ0n) is 12.8. The SMILES string of the molecule is COC(=O)c1sccc1NSc1ccc(N2CCOCC2)cc1. The number of benzene rings is 1. The van der Waals surface area contributed by atoms with Crippen molar-refractivity contribution in [3.63, 3.8) is 0 Å². The van der Waals surface area contributed by atoms with E-state index in [2.05, 4.69) is 33.9 Å². The molecule has 1 N–H and O–H groups in total. The Hall–Kier alpha value is -1.70. The second-order valence-corrected chi connectivity index (χ2v) is 6.75. The van der Waals surface area contributed by atoms with Crippen molar-refractivity contribution in [2.75, 3.05) is 43.0 Å². The van der Waals surface area contributed by atoms with E-state index in [1.807, 2.05) is 11.4 Å². The normalized spacial score (nSPS) is 14.6.